The second-order valence-electron chi connectivity index (χ2n) is 3.42. The number of hydrogen-bond acceptors (Lipinski definition) is 4. The van der Waals surface area contributed by atoms with Gasteiger partial charge in [-0.3, -0.25) is 0 Å². The first-order chi connectivity index (χ1) is 7.81. The highest BCUT2D eigenvalue weighted by atomic mass is 17.2. The van der Waals surface area contributed by atoms with Crippen LogP contribution < -0.4 is 14.4 Å². The van der Waals surface area contributed by atoms with Crippen LogP contribution in [0.5, 0.6) is 17.2 Å². The van der Waals surface area contributed by atoms with E-state index in [0.29, 0.717) is 24.5 Å². The van der Waals surface area contributed by atoms with Crippen LogP contribution >= 0.6 is 0 Å². The Bertz CT molecular complexity index is 412. The van der Waals surface area contributed by atoms with Crippen LogP contribution in [0.25, 0.3) is 0 Å². The molecule has 4 heteroatoms. The SMILES string of the molecule is C=CCc1cc2c(c(OC)c1OC)COO2. The van der Waals surface area contributed by atoms with Crippen LogP contribution in [0.15, 0.2) is 18.7 Å². The third-order valence-electron chi connectivity index (χ3n) is 2.50. The topological polar surface area (TPSA) is 36.9 Å². The predicted octanol–water partition coefficient (Wildman–Crippen LogP) is 2.26. The van der Waals surface area contributed by atoms with Gasteiger partial charge >= 0.3 is 0 Å². The fourth-order valence-electron chi connectivity index (χ4n) is 1.82. The molecule has 0 fully saturated rings. The van der Waals surface area contributed by atoms with Gasteiger partial charge < -0.3 is 14.4 Å². The van der Waals surface area contributed by atoms with E-state index in [9.17, 15) is 0 Å². The van der Waals surface area contributed by atoms with Crippen molar-refractivity contribution in [2.75, 3.05) is 14.2 Å². The molecule has 0 saturated carbocycles. The minimum Gasteiger partial charge on any atom is -0.493 e. The Morgan fingerprint density at radius 2 is 2.12 bits per heavy atom. The molecule has 4 nitrogen and oxygen atoms in total. The molecule has 0 atom stereocenters. The summed E-state index contributed by atoms with van der Waals surface area (Å²) in [6, 6.07) is 1.89. The Morgan fingerprint density at radius 1 is 1.38 bits per heavy atom. The van der Waals surface area contributed by atoms with Gasteiger partial charge in [0, 0.05) is 5.56 Å². The molecular weight excluding hydrogens is 208 g/mol. The molecule has 1 aliphatic heterocycles. The molecule has 1 aromatic rings. The molecule has 86 valence electrons. The van der Waals surface area contributed by atoms with E-state index in [0.717, 1.165) is 16.9 Å². The Hall–Kier alpha value is -1.68. The molecular formula is C12H14O4. The maximum atomic E-state index is 5.36. The number of hydrogen-bond donors (Lipinski definition) is 0. The van der Waals surface area contributed by atoms with Crippen molar-refractivity contribution in [3.05, 3.63) is 29.8 Å². The highest BCUT2D eigenvalue weighted by molar-refractivity contribution is 5.59. The first-order valence-electron chi connectivity index (χ1n) is 4.99. The molecule has 0 radical (unpaired) electrons. The van der Waals surface area contributed by atoms with Gasteiger partial charge in [-0.1, -0.05) is 6.08 Å². The largest absolute Gasteiger partial charge is 0.493 e. The van der Waals surface area contributed by atoms with Crippen molar-refractivity contribution in [2.24, 2.45) is 0 Å². The van der Waals surface area contributed by atoms with Crippen LogP contribution in [0.2, 0.25) is 0 Å². The van der Waals surface area contributed by atoms with Crippen molar-refractivity contribution in [1.29, 1.82) is 0 Å². The summed E-state index contributed by atoms with van der Waals surface area (Å²) >= 11 is 0. The second-order valence-corrected chi connectivity index (χ2v) is 3.42. The molecule has 2 rings (SSSR count). The quantitative estimate of drug-likeness (QED) is 0.578. The summed E-state index contributed by atoms with van der Waals surface area (Å²) < 4.78 is 10.7. The van der Waals surface area contributed by atoms with Gasteiger partial charge in [0.25, 0.3) is 0 Å². The zero-order chi connectivity index (χ0) is 11.5. The van der Waals surface area contributed by atoms with Crippen molar-refractivity contribution in [3.63, 3.8) is 0 Å². The maximum absolute atomic E-state index is 5.36. The fourth-order valence-corrected chi connectivity index (χ4v) is 1.82. The lowest BCUT2D eigenvalue weighted by Crippen LogP contribution is -1.98. The van der Waals surface area contributed by atoms with Crippen LogP contribution in [-0.4, -0.2) is 14.2 Å². The van der Waals surface area contributed by atoms with E-state index >= 15 is 0 Å². The minimum absolute atomic E-state index is 0.378. The van der Waals surface area contributed by atoms with E-state index in [1.165, 1.54) is 0 Å². The van der Waals surface area contributed by atoms with Crippen LogP contribution in [0.4, 0.5) is 0 Å². The van der Waals surface area contributed by atoms with Gasteiger partial charge in [0.05, 0.1) is 19.8 Å². The number of benzene rings is 1. The van der Waals surface area contributed by atoms with Crippen LogP contribution in [0, 0.1) is 0 Å². The number of fused-ring (bicyclic) bond motifs is 1. The Labute approximate surface area is 94.3 Å². The maximum Gasteiger partial charge on any atom is 0.175 e. The first-order valence-corrected chi connectivity index (χ1v) is 4.99. The normalized spacial score (nSPS) is 12.9. The highest BCUT2D eigenvalue weighted by Gasteiger charge is 2.25. The molecule has 0 aliphatic carbocycles. The summed E-state index contributed by atoms with van der Waals surface area (Å²) in [6.07, 6.45) is 2.50. The molecule has 0 unspecified atom stereocenters. The predicted molar refractivity (Wildman–Crippen MR) is 58.9 cm³/mol. The Balaban J connectivity index is 2.58. The zero-order valence-electron chi connectivity index (χ0n) is 9.41. The van der Waals surface area contributed by atoms with Gasteiger partial charge in [-0.25, -0.2) is 0 Å². The Morgan fingerprint density at radius 3 is 2.75 bits per heavy atom. The summed E-state index contributed by atoms with van der Waals surface area (Å²) in [5.41, 5.74) is 1.85. The average Bonchev–Trinajstić information content (AvgIpc) is 2.75. The van der Waals surface area contributed by atoms with Crippen molar-refractivity contribution >= 4 is 0 Å². The molecule has 0 spiro atoms. The van der Waals surface area contributed by atoms with Crippen molar-refractivity contribution in [2.45, 2.75) is 13.0 Å². The summed E-state index contributed by atoms with van der Waals surface area (Å²) in [5, 5.41) is 0. The van der Waals surface area contributed by atoms with Gasteiger partial charge in [-0.2, -0.15) is 4.89 Å². The number of methoxy groups -OCH3 is 2. The zero-order valence-corrected chi connectivity index (χ0v) is 9.41. The molecule has 0 saturated heterocycles. The second kappa shape index (κ2) is 4.45. The van der Waals surface area contributed by atoms with E-state index in [4.69, 9.17) is 19.2 Å². The summed E-state index contributed by atoms with van der Waals surface area (Å²) in [5.74, 6) is 2.08. The average molecular weight is 222 g/mol. The summed E-state index contributed by atoms with van der Waals surface area (Å²) in [6.45, 7) is 4.09. The lowest BCUT2D eigenvalue weighted by Gasteiger charge is -2.13. The van der Waals surface area contributed by atoms with E-state index in [1.54, 1.807) is 20.3 Å². The van der Waals surface area contributed by atoms with E-state index in [2.05, 4.69) is 6.58 Å². The highest BCUT2D eigenvalue weighted by Crippen LogP contribution is 2.43. The molecule has 16 heavy (non-hydrogen) atoms. The van der Waals surface area contributed by atoms with E-state index in [1.807, 2.05) is 6.07 Å². The minimum atomic E-state index is 0.378. The van der Waals surface area contributed by atoms with Crippen LogP contribution in [0.1, 0.15) is 11.1 Å². The van der Waals surface area contributed by atoms with Gasteiger partial charge in [-0.05, 0) is 12.5 Å². The number of rotatable bonds is 4. The van der Waals surface area contributed by atoms with E-state index < -0.39 is 0 Å². The lowest BCUT2D eigenvalue weighted by molar-refractivity contribution is -0.194. The third kappa shape index (κ3) is 1.61. The van der Waals surface area contributed by atoms with E-state index in [-0.39, 0.29) is 0 Å². The van der Waals surface area contributed by atoms with Gasteiger partial charge in [0.1, 0.15) is 6.61 Å². The standard InChI is InChI=1S/C12H14O4/c1-4-5-8-6-10-9(7-15-16-10)12(14-3)11(8)13-2/h4,6H,1,5,7H2,2-3H3. The Kier molecular flexibility index (Phi) is 3.01. The van der Waals surface area contributed by atoms with Gasteiger partial charge in [0.2, 0.25) is 0 Å². The third-order valence-corrected chi connectivity index (χ3v) is 2.50. The lowest BCUT2D eigenvalue weighted by atomic mass is 10.1. The summed E-state index contributed by atoms with van der Waals surface area (Å²) in [4.78, 5) is 9.99. The smallest absolute Gasteiger partial charge is 0.175 e. The molecule has 1 aromatic carbocycles. The number of allylic oxidation sites excluding steroid dienone is 1. The van der Waals surface area contributed by atoms with Crippen molar-refractivity contribution in [3.8, 4) is 17.2 Å². The molecule has 0 amide bonds. The fraction of sp³-hybridized carbons (Fsp3) is 0.333. The van der Waals surface area contributed by atoms with Crippen LogP contribution in [0.3, 0.4) is 0 Å². The number of ether oxygens (including phenoxy) is 2. The summed E-state index contributed by atoms with van der Waals surface area (Å²) in [7, 11) is 3.22. The molecule has 1 heterocycles. The van der Waals surface area contributed by atoms with Gasteiger partial charge in [-0.15, -0.1) is 6.58 Å². The molecule has 1 aliphatic rings. The molecule has 0 N–H and O–H groups in total. The monoisotopic (exact) mass is 222 g/mol. The van der Waals surface area contributed by atoms with Crippen molar-refractivity contribution in [1.82, 2.24) is 0 Å². The van der Waals surface area contributed by atoms with Crippen LogP contribution in [-0.2, 0) is 17.9 Å². The first kappa shape index (κ1) is 10.8. The molecule has 0 aromatic heterocycles. The van der Waals surface area contributed by atoms with Gasteiger partial charge in [0.15, 0.2) is 17.2 Å². The molecule has 0 bridgehead atoms. The van der Waals surface area contributed by atoms with Crippen molar-refractivity contribution < 1.29 is 19.2 Å².